The van der Waals surface area contributed by atoms with Gasteiger partial charge in [-0.3, -0.25) is 0 Å². The Morgan fingerprint density at radius 2 is 1.97 bits per heavy atom. The van der Waals surface area contributed by atoms with Crippen LogP contribution in [0.15, 0.2) is 39.7 Å². The Labute approximate surface area is 235 Å². The molecule has 0 bridgehead atoms. The van der Waals surface area contributed by atoms with E-state index < -0.39 is 0 Å². The fourth-order valence-corrected chi connectivity index (χ4v) is 5.18. The van der Waals surface area contributed by atoms with E-state index in [1.165, 1.54) is 12.8 Å². The zero-order chi connectivity index (χ0) is 28.2. The van der Waals surface area contributed by atoms with E-state index in [-0.39, 0.29) is 17.7 Å². The van der Waals surface area contributed by atoms with Crippen molar-refractivity contribution in [2.24, 2.45) is 34.2 Å². The normalized spacial score (nSPS) is 18.4. The van der Waals surface area contributed by atoms with E-state index in [1.54, 1.807) is 12.3 Å². The number of thiocarbonyl (C=S) groups is 1. The minimum absolute atomic E-state index is 0.116. The summed E-state index contributed by atoms with van der Waals surface area (Å²) >= 11 is 5.82. The first-order chi connectivity index (χ1) is 18.2. The van der Waals surface area contributed by atoms with Crippen molar-refractivity contribution in [1.82, 2.24) is 9.97 Å². The highest BCUT2D eigenvalue weighted by atomic mass is 32.1. The number of aliphatic imine (C=N–C) groups is 1. The van der Waals surface area contributed by atoms with Crippen LogP contribution in [0.4, 0.5) is 5.95 Å². The number of nitriles is 1. The van der Waals surface area contributed by atoms with Crippen LogP contribution in [0.2, 0.25) is 0 Å². The predicted octanol–water partition coefficient (Wildman–Crippen LogP) is 6.45. The number of rotatable bonds is 13. The molecule has 0 aromatic carbocycles. The van der Waals surface area contributed by atoms with E-state index in [9.17, 15) is 5.26 Å². The molecule has 0 spiro atoms. The minimum atomic E-state index is -0.173. The molecule has 1 aliphatic rings. The second-order valence-corrected chi connectivity index (χ2v) is 11.0. The summed E-state index contributed by atoms with van der Waals surface area (Å²) < 4.78 is 0. The van der Waals surface area contributed by atoms with E-state index in [0.717, 1.165) is 62.8 Å². The van der Waals surface area contributed by atoms with Gasteiger partial charge in [0.25, 0.3) is 0 Å². The summed E-state index contributed by atoms with van der Waals surface area (Å²) in [6.45, 7) is 14.7. The molecule has 1 aliphatic carbocycles. The van der Waals surface area contributed by atoms with Crippen LogP contribution >= 0.6 is 12.2 Å². The second kappa shape index (κ2) is 15.6. The summed E-state index contributed by atoms with van der Waals surface area (Å²) in [5.74, 6) is 1.60. The first kappa shape index (κ1) is 31.4. The van der Waals surface area contributed by atoms with Gasteiger partial charge >= 0.3 is 0 Å². The lowest BCUT2D eigenvalue weighted by atomic mass is 9.78. The predicted molar refractivity (Wildman–Crippen MR) is 163 cm³/mol. The van der Waals surface area contributed by atoms with Crippen LogP contribution in [0.25, 0.3) is 0 Å². The molecule has 0 saturated heterocycles. The Balaban J connectivity index is 2.33. The number of nitrogens with two attached hydrogens (primary N) is 2. The van der Waals surface area contributed by atoms with Crippen molar-refractivity contribution >= 4 is 29.0 Å². The van der Waals surface area contributed by atoms with Gasteiger partial charge in [-0.15, -0.1) is 0 Å². The molecular weight excluding hydrogens is 490 g/mol. The van der Waals surface area contributed by atoms with E-state index >= 15 is 0 Å². The zero-order valence-electron chi connectivity index (χ0n) is 24.3. The molecule has 208 valence electrons. The lowest BCUT2D eigenvalue weighted by Crippen LogP contribution is -2.29. The molecule has 8 heteroatoms. The van der Waals surface area contributed by atoms with Crippen LogP contribution in [0.1, 0.15) is 98.6 Å². The number of hydrogen-bond acceptors (Lipinski definition) is 6. The van der Waals surface area contributed by atoms with Gasteiger partial charge in [0, 0.05) is 30.9 Å². The van der Waals surface area contributed by atoms with Crippen LogP contribution in [0, 0.1) is 29.1 Å². The maximum atomic E-state index is 10.1. The Morgan fingerprint density at radius 3 is 2.61 bits per heavy atom. The molecule has 0 aliphatic heterocycles. The Bertz CT molecular complexity index is 1080. The maximum absolute atomic E-state index is 10.1. The fourth-order valence-electron chi connectivity index (χ4n) is 4.84. The van der Waals surface area contributed by atoms with E-state index in [2.05, 4.69) is 55.6 Å². The SMILES string of the molecule is CCCN(CCCC(C)CC)c1nccc(C(N)=NC(=S)C2CCCC(C)=C2/C(C#N)=C(/N)C(C)CC)n1. The molecule has 0 saturated carbocycles. The molecule has 3 atom stereocenters. The highest BCUT2D eigenvalue weighted by Gasteiger charge is 2.30. The number of anilines is 1. The van der Waals surface area contributed by atoms with Crippen molar-refractivity contribution in [3.05, 3.63) is 40.4 Å². The largest absolute Gasteiger partial charge is 0.401 e. The van der Waals surface area contributed by atoms with Gasteiger partial charge in [0.2, 0.25) is 5.95 Å². The van der Waals surface area contributed by atoms with Gasteiger partial charge in [-0.2, -0.15) is 5.26 Å². The number of nitrogens with zero attached hydrogens (tertiary/aromatic N) is 5. The molecule has 1 aromatic heterocycles. The molecule has 7 nitrogen and oxygen atoms in total. The van der Waals surface area contributed by atoms with Crippen molar-refractivity contribution in [2.75, 3.05) is 18.0 Å². The summed E-state index contributed by atoms with van der Waals surface area (Å²) in [5.41, 5.74) is 16.7. The Morgan fingerprint density at radius 1 is 1.24 bits per heavy atom. The molecule has 38 heavy (non-hydrogen) atoms. The zero-order valence-corrected chi connectivity index (χ0v) is 25.1. The molecule has 2 rings (SSSR count). The lowest BCUT2D eigenvalue weighted by Gasteiger charge is -2.28. The number of allylic oxidation sites excluding steroid dienone is 3. The fraction of sp³-hybridized carbons (Fsp3) is 0.633. The van der Waals surface area contributed by atoms with Crippen molar-refractivity contribution in [2.45, 2.75) is 92.9 Å². The Hall–Kier alpha value is -2.79. The van der Waals surface area contributed by atoms with Gasteiger partial charge in [-0.1, -0.05) is 58.8 Å². The van der Waals surface area contributed by atoms with Crippen LogP contribution in [0.5, 0.6) is 0 Å². The second-order valence-electron chi connectivity index (χ2n) is 10.6. The monoisotopic (exact) mass is 537 g/mol. The maximum Gasteiger partial charge on any atom is 0.225 e. The van der Waals surface area contributed by atoms with Crippen LogP contribution in [0.3, 0.4) is 0 Å². The third-order valence-electron chi connectivity index (χ3n) is 7.70. The molecule has 0 fully saturated rings. The van der Waals surface area contributed by atoms with Crippen molar-refractivity contribution in [3.8, 4) is 6.07 Å². The lowest BCUT2D eigenvalue weighted by molar-refractivity contribution is 0.491. The Kier molecular flexibility index (Phi) is 12.9. The summed E-state index contributed by atoms with van der Waals surface area (Å²) in [6.07, 6.45) is 9.81. The van der Waals surface area contributed by atoms with Crippen LogP contribution < -0.4 is 16.4 Å². The molecule has 1 heterocycles. The summed E-state index contributed by atoms with van der Waals surface area (Å²) in [5, 5.41) is 10.1. The quantitative estimate of drug-likeness (QED) is 0.128. The van der Waals surface area contributed by atoms with E-state index in [4.69, 9.17) is 28.7 Å². The van der Waals surface area contributed by atoms with Gasteiger partial charge in [-0.25, -0.2) is 15.0 Å². The van der Waals surface area contributed by atoms with Gasteiger partial charge in [0.1, 0.15) is 16.8 Å². The first-order valence-electron chi connectivity index (χ1n) is 14.2. The number of aromatic nitrogens is 2. The molecule has 0 amide bonds. The van der Waals surface area contributed by atoms with Crippen LogP contribution in [-0.4, -0.2) is 33.9 Å². The minimum Gasteiger partial charge on any atom is -0.401 e. The molecule has 1 aromatic rings. The van der Waals surface area contributed by atoms with E-state index in [1.807, 2.05) is 6.92 Å². The van der Waals surface area contributed by atoms with Crippen molar-refractivity contribution < 1.29 is 0 Å². The van der Waals surface area contributed by atoms with Crippen molar-refractivity contribution in [3.63, 3.8) is 0 Å². The average Bonchev–Trinajstić information content (AvgIpc) is 2.92. The molecule has 4 N–H and O–H groups in total. The first-order valence-corrected chi connectivity index (χ1v) is 14.6. The number of amidine groups is 1. The summed E-state index contributed by atoms with van der Waals surface area (Å²) in [4.78, 5) is 16.6. The third-order valence-corrected chi connectivity index (χ3v) is 8.07. The van der Waals surface area contributed by atoms with Gasteiger partial charge in [-0.05, 0) is 75.3 Å². The smallest absolute Gasteiger partial charge is 0.225 e. The van der Waals surface area contributed by atoms with Gasteiger partial charge < -0.3 is 16.4 Å². The topological polar surface area (TPSA) is 117 Å². The van der Waals surface area contributed by atoms with Crippen LogP contribution in [-0.2, 0) is 0 Å². The average molecular weight is 538 g/mol. The summed E-state index contributed by atoms with van der Waals surface area (Å²) in [6, 6.07) is 4.15. The van der Waals surface area contributed by atoms with Crippen molar-refractivity contribution in [1.29, 1.82) is 5.26 Å². The van der Waals surface area contributed by atoms with Gasteiger partial charge in [0.05, 0.1) is 5.57 Å². The highest BCUT2D eigenvalue weighted by Crippen LogP contribution is 2.37. The molecule has 0 radical (unpaired) electrons. The molecular formula is C30H47N7S. The van der Waals surface area contributed by atoms with E-state index in [0.29, 0.717) is 33.8 Å². The summed E-state index contributed by atoms with van der Waals surface area (Å²) in [7, 11) is 0. The number of hydrogen-bond donors (Lipinski definition) is 2. The standard InChI is InChI=1S/C30H47N7S/c1-7-17-37(18-11-12-20(4)8-2)30-34-16-15-25(35-30)28(33)36-29(38)23-14-10-13-22(6)26(23)24(19-31)27(32)21(5)9-3/h15-16,20-21,23H,7-14,17-18,32H2,1-6H3,(H2,33,36,38)/b27-24+. The molecule has 3 unspecified atom stereocenters. The highest BCUT2D eigenvalue weighted by molar-refractivity contribution is 7.80. The van der Waals surface area contributed by atoms with Gasteiger partial charge in [0.15, 0.2) is 5.84 Å². The third kappa shape index (κ3) is 8.36.